The Hall–Kier alpha value is -1.53. The van der Waals surface area contributed by atoms with E-state index in [0.717, 1.165) is 11.1 Å². The second-order valence-electron chi connectivity index (χ2n) is 4.02. The highest BCUT2D eigenvalue weighted by atomic mass is 19.3. The van der Waals surface area contributed by atoms with Gasteiger partial charge in [0.25, 0.3) is 6.43 Å². The Labute approximate surface area is 110 Å². The van der Waals surface area contributed by atoms with Crippen molar-refractivity contribution < 1.29 is 18.3 Å². The lowest BCUT2D eigenvalue weighted by molar-refractivity contribution is -0.122. The third-order valence-electron chi connectivity index (χ3n) is 2.43. The Bertz CT molecular complexity index is 400. The van der Waals surface area contributed by atoms with Gasteiger partial charge in [0.1, 0.15) is 6.61 Å². The average Bonchev–Trinajstić information content (AvgIpc) is 2.41. The van der Waals surface area contributed by atoms with E-state index < -0.39 is 13.0 Å². The van der Waals surface area contributed by atoms with Gasteiger partial charge in [-0.15, -0.1) is 0 Å². The van der Waals surface area contributed by atoms with Crippen molar-refractivity contribution in [3.8, 4) is 0 Å². The van der Waals surface area contributed by atoms with Crippen molar-refractivity contribution in [2.24, 2.45) is 5.73 Å². The largest absolute Gasteiger partial charge is 0.375 e. The van der Waals surface area contributed by atoms with E-state index in [1.165, 1.54) is 0 Å². The Kier molecular flexibility index (Phi) is 6.99. The van der Waals surface area contributed by atoms with E-state index in [9.17, 15) is 13.6 Å². The Morgan fingerprint density at radius 1 is 1.37 bits per heavy atom. The summed E-state index contributed by atoms with van der Waals surface area (Å²) in [7, 11) is 0. The van der Waals surface area contributed by atoms with E-state index in [4.69, 9.17) is 5.73 Å². The standard InChI is InChI=1S/C13H18F2N2O2/c14-12(15)9-19-5-4-13(18)17-8-11-3-1-2-10(6-11)7-16/h1-3,6,12H,4-5,7-9,16H2,(H,17,18). The van der Waals surface area contributed by atoms with Crippen LogP contribution in [0.5, 0.6) is 0 Å². The summed E-state index contributed by atoms with van der Waals surface area (Å²) < 4.78 is 28.2. The molecule has 0 saturated carbocycles. The van der Waals surface area contributed by atoms with E-state index in [1.807, 2.05) is 24.3 Å². The molecule has 0 radical (unpaired) electrons. The molecule has 106 valence electrons. The van der Waals surface area contributed by atoms with Crippen LogP contribution < -0.4 is 11.1 Å². The van der Waals surface area contributed by atoms with E-state index >= 15 is 0 Å². The van der Waals surface area contributed by atoms with Gasteiger partial charge in [0.15, 0.2) is 0 Å². The van der Waals surface area contributed by atoms with E-state index in [-0.39, 0.29) is 18.9 Å². The van der Waals surface area contributed by atoms with E-state index in [2.05, 4.69) is 10.1 Å². The quantitative estimate of drug-likeness (QED) is 0.704. The molecule has 0 aliphatic rings. The van der Waals surface area contributed by atoms with Crippen LogP contribution in [0, 0.1) is 0 Å². The number of nitrogens with two attached hydrogens (primary N) is 1. The smallest absolute Gasteiger partial charge is 0.261 e. The number of hydrogen-bond donors (Lipinski definition) is 2. The van der Waals surface area contributed by atoms with Crippen LogP contribution in [-0.4, -0.2) is 25.5 Å². The fourth-order valence-electron chi connectivity index (χ4n) is 1.49. The highest BCUT2D eigenvalue weighted by Gasteiger charge is 2.05. The summed E-state index contributed by atoms with van der Waals surface area (Å²) in [6.07, 6.45) is -2.43. The van der Waals surface area contributed by atoms with Crippen LogP contribution in [0.3, 0.4) is 0 Å². The molecule has 1 aromatic carbocycles. The van der Waals surface area contributed by atoms with Gasteiger partial charge in [0.2, 0.25) is 5.91 Å². The number of halogens is 2. The van der Waals surface area contributed by atoms with Crippen LogP contribution in [0.15, 0.2) is 24.3 Å². The minimum Gasteiger partial charge on any atom is -0.375 e. The Morgan fingerprint density at radius 3 is 2.79 bits per heavy atom. The summed E-state index contributed by atoms with van der Waals surface area (Å²) in [4.78, 5) is 11.4. The van der Waals surface area contributed by atoms with Gasteiger partial charge in [-0.05, 0) is 11.1 Å². The zero-order valence-electron chi connectivity index (χ0n) is 10.6. The second kappa shape index (κ2) is 8.55. The van der Waals surface area contributed by atoms with Crippen molar-refractivity contribution in [1.82, 2.24) is 5.32 Å². The van der Waals surface area contributed by atoms with Gasteiger partial charge in [0, 0.05) is 19.5 Å². The number of rotatable bonds is 8. The van der Waals surface area contributed by atoms with Crippen LogP contribution in [-0.2, 0) is 22.6 Å². The minimum absolute atomic E-state index is 0.000979. The van der Waals surface area contributed by atoms with Crippen molar-refractivity contribution in [1.29, 1.82) is 0 Å². The molecule has 6 heteroatoms. The third-order valence-corrected chi connectivity index (χ3v) is 2.43. The molecule has 0 atom stereocenters. The number of alkyl halides is 2. The predicted molar refractivity (Wildman–Crippen MR) is 67.6 cm³/mol. The van der Waals surface area contributed by atoms with Crippen molar-refractivity contribution in [3.63, 3.8) is 0 Å². The van der Waals surface area contributed by atoms with E-state index in [0.29, 0.717) is 13.1 Å². The normalized spacial score (nSPS) is 10.7. The summed E-state index contributed by atoms with van der Waals surface area (Å²) in [5, 5.41) is 2.69. The topological polar surface area (TPSA) is 64.3 Å². The van der Waals surface area contributed by atoms with Gasteiger partial charge in [0.05, 0.1) is 6.61 Å². The lowest BCUT2D eigenvalue weighted by atomic mass is 10.1. The first kappa shape index (κ1) is 15.5. The molecule has 0 aromatic heterocycles. The van der Waals surface area contributed by atoms with Gasteiger partial charge in [-0.2, -0.15) is 0 Å². The van der Waals surface area contributed by atoms with Gasteiger partial charge < -0.3 is 15.8 Å². The maximum absolute atomic E-state index is 11.8. The molecule has 1 aromatic rings. The predicted octanol–water partition coefficient (Wildman–Crippen LogP) is 1.43. The third kappa shape index (κ3) is 6.83. The van der Waals surface area contributed by atoms with Crippen molar-refractivity contribution in [3.05, 3.63) is 35.4 Å². The zero-order valence-corrected chi connectivity index (χ0v) is 10.6. The second-order valence-corrected chi connectivity index (χ2v) is 4.02. The maximum Gasteiger partial charge on any atom is 0.261 e. The van der Waals surface area contributed by atoms with Crippen LogP contribution in [0.2, 0.25) is 0 Å². The molecule has 19 heavy (non-hydrogen) atoms. The van der Waals surface area contributed by atoms with Gasteiger partial charge >= 0.3 is 0 Å². The van der Waals surface area contributed by atoms with Gasteiger partial charge in [-0.3, -0.25) is 4.79 Å². The molecule has 4 nitrogen and oxygen atoms in total. The average molecular weight is 272 g/mol. The van der Waals surface area contributed by atoms with Crippen LogP contribution in [0.25, 0.3) is 0 Å². The molecular formula is C13H18F2N2O2. The Balaban J connectivity index is 2.22. The molecule has 0 saturated heterocycles. The van der Waals surface area contributed by atoms with Crippen LogP contribution >= 0.6 is 0 Å². The molecule has 0 spiro atoms. The number of nitrogens with one attached hydrogen (secondary N) is 1. The van der Waals surface area contributed by atoms with Crippen molar-refractivity contribution >= 4 is 5.91 Å². The summed E-state index contributed by atoms with van der Waals surface area (Å²) in [5.41, 5.74) is 7.46. The van der Waals surface area contributed by atoms with Crippen LogP contribution in [0.1, 0.15) is 17.5 Å². The first-order valence-corrected chi connectivity index (χ1v) is 6.02. The van der Waals surface area contributed by atoms with Crippen LogP contribution in [0.4, 0.5) is 8.78 Å². The highest BCUT2D eigenvalue weighted by Crippen LogP contribution is 2.04. The maximum atomic E-state index is 11.8. The summed E-state index contributed by atoms with van der Waals surface area (Å²) >= 11 is 0. The molecule has 3 N–H and O–H groups in total. The molecule has 0 heterocycles. The zero-order chi connectivity index (χ0) is 14.1. The monoisotopic (exact) mass is 272 g/mol. The number of carbonyl (C=O) groups excluding carboxylic acids is 1. The molecule has 0 fully saturated rings. The lowest BCUT2D eigenvalue weighted by Crippen LogP contribution is -2.24. The number of ether oxygens (including phenoxy) is 1. The minimum atomic E-state index is -2.50. The number of amides is 1. The molecule has 0 unspecified atom stereocenters. The number of carbonyl (C=O) groups is 1. The van der Waals surface area contributed by atoms with Gasteiger partial charge in [-0.25, -0.2) is 8.78 Å². The lowest BCUT2D eigenvalue weighted by Gasteiger charge is -2.07. The number of hydrogen-bond acceptors (Lipinski definition) is 3. The Morgan fingerprint density at radius 2 is 2.11 bits per heavy atom. The summed E-state index contributed by atoms with van der Waals surface area (Å²) in [6.45, 7) is 0.204. The molecule has 1 amide bonds. The van der Waals surface area contributed by atoms with Crippen molar-refractivity contribution in [2.75, 3.05) is 13.2 Å². The SMILES string of the molecule is NCc1cccc(CNC(=O)CCOCC(F)F)c1. The van der Waals surface area contributed by atoms with Gasteiger partial charge in [-0.1, -0.05) is 24.3 Å². The highest BCUT2D eigenvalue weighted by molar-refractivity contribution is 5.75. The van der Waals surface area contributed by atoms with E-state index in [1.54, 1.807) is 0 Å². The molecule has 0 aliphatic carbocycles. The first-order valence-electron chi connectivity index (χ1n) is 6.02. The molecule has 0 bridgehead atoms. The molecule has 0 aliphatic heterocycles. The number of benzene rings is 1. The molecular weight excluding hydrogens is 254 g/mol. The fraction of sp³-hybridized carbons (Fsp3) is 0.462. The summed E-state index contributed by atoms with van der Waals surface area (Å²) in [6, 6.07) is 7.57. The molecule has 1 rings (SSSR count). The first-order chi connectivity index (χ1) is 9.11. The fourth-order valence-corrected chi connectivity index (χ4v) is 1.49. The summed E-state index contributed by atoms with van der Waals surface area (Å²) in [5.74, 6) is -0.229. The van der Waals surface area contributed by atoms with Crippen molar-refractivity contribution in [2.45, 2.75) is 25.9 Å².